The molecule has 21 heavy (non-hydrogen) atoms. The molecule has 110 valence electrons. The molecule has 4 nitrogen and oxygen atoms in total. The molecule has 0 aliphatic carbocycles. The Labute approximate surface area is 118 Å². The Kier molecular flexibility index (Phi) is 3.19. The topological polar surface area (TPSA) is 38.1 Å². The molecule has 0 bridgehead atoms. The highest BCUT2D eigenvalue weighted by molar-refractivity contribution is 5.94. The first kappa shape index (κ1) is 13.7. The van der Waals surface area contributed by atoms with Crippen LogP contribution in [0.25, 0.3) is 0 Å². The zero-order valence-corrected chi connectivity index (χ0v) is 11.0. The van der Waals surface area contributed by atoms with E-state index in [-0.39, 0.29) is 11.5 Å². The molecule has 1 aliphatic rings. The second-order valence-corrected chi connectivity index (χ2v) is 4.88. The van der Waals surface area contributed by atoms with Crippen LogP contribution in [0.1, 0.15) is 21.6 Å². The summed E-state index contributed by atoms with van der Waals surface area (Å²) in [6, 6.07) is 4.30. The molecular formula is C14H12F3N3O. The maximum absolute atomic E-state index is 12.5. The molecule has 2 heterocycles. The number of carbonyl (C=O) groups excluding carboxylic acids is 1. The first-order chi connectivity index (χ1) is 9.95. The van der Waals surface area contributed by atoms with Crippen LogP contribution in [0.4, 0.5) is 13.2 Å². The smallest absolute Gasteiger partial charge is 0.331 e. The summed E-state index contributed by atoms with van der Waals surface area (Å²) in [7, 11) is 0. The van der Waals surface area contributed by atoms with Crippen molar-refractivity contribution in [3.8, 4) is 0 Å². The van der Waals surface area contributed by atoms with E-state index in [0.29, 0.717) is 19.6 Å². The number of imidazole rings is 1. The first-order valence-corrected chi connectivity index (χ1v) is 6.41. The summed E-state index contributed by atoms with van der Waals surface area (Å²) in [6.07, 6.45) is -0.999. The summed E-state index contributed by atoms with van der Waals surface area (Å²) >= 11 is 0. The Bertz CT molecular complexity index is 661. The summed E-state index contributed by atoms with van der Waals surface area (Å²) in [5.41, 5.74) is 0.424. The van der Waals surface area contributed by atoms with E-state index in [1.54, 1.807) is 17.4 Å². The van der Waals surface area contributed by atoms with Gasteiger partial charge in [0, 0.05) is 24.8 Å². The molecule has 0 unspecified atom stereocenters. The molecule has 1 aromatic carbocycles. The summed E-state index contributed by atoms with van der Waals surface area (Å²) in [4.78, 5) is 17.9. The Morgan fingerprint density at radius 3 is 2.52 bits per heavy atom. The molecule has 2 aromatic rings. The fourth-order valence-corrected chi connectivity index (χ4v) is 2.34. The van der Waals surface area contributed by atoms with Crippen molar-refractivity contribution in [2.24, 2.45) is 0 Å². The normalized spacial score (nSPS) is 14.9. The Balaban J connectivity index is 1.77. The lowest BCUT2D eigenvalue weighted by molar-refractivity contribution is -0.137. The van der Waals surface area contributed by atoms with Crippen LogP contribution in [-0.2, 0) is 19.3 Å². The summed E-state index contributed by atoms with van der Waals surface area (Å²) < 4.78 is 39.5. The van der Waals surface area contributed by atoms with Crippen LogP contribution in [0.5, 0.6) is 0 Å². The molecule has 0 saturated carbocycles. The molecule has 7 heteroatoms. The lowest BCUT2D eigenvalue weighted by Gasteiger charge is -2.28. The lowest BCUT2D eigenvalue weighted by Crippen LogP contribution is -2.37. The van der Waals surface area contributed by atoms with Gasteiger partial charge in [-0.1, -0.05) is 0 Å². The number of nitrogens with zero attached hydrogens (tertiary/aromatic N) is 3. The highest BCUT2D eigenvalue weighted by Crippen LogP contribution is 2.29. The van der Waals surface area contributed by atoms with Crippen molar-refractivity contribution >= 4 is 5.91 Å². The van der Waals surface area contributed by atoms with Crippen LogP contribution >= 0.6 is 0 Å². The third-order valence-corrected chi connectivity index (χ3v) is 3.51. The predicted molar refractivity (Wildman–Crippen MR) is 68.4 cm³/mol. The second kappa shape index (κ2) is 4.91. The second-order valence-electron chi connectivity index (χ2n) is 4.88. The molecule has 3 rings (SSSR count). The van der Waals surface area contributed by atoms with Gasteiger partial charge >= 0.3 is 6.18 Å². The highest BCUT2D eigenvalue weighted by Gasteiger charge is 2.30. The number of hydrogen-bond donors (Lipinski definition) is 0. The monoisotopic (exact) mass is 295 g/mol. The van der Waals surface area contributed by atoms with Crippen LogP contribution in [0.3, 0.4) is 0 Å². The van der Waals surface area contributed by atoms with Crippen molar-refractivity contribution in [1.29, 1.82) is 0 Å². The lowest BCUT2D eigenvalue weighted by atomic mass is 10.1. The van der Waals surface area contributed by atoms with E-state index in [0.717, 1.165) is 17.8 Å². The van der Waals surface area contributed by atoms with Crippen molar-refractivity contribution < 1.29 is 18.0 Å². The van der Waals surface area contributed by atoms with Crippen LogP contribution < -0.4 is 0 Å². The van der Waals surface area contributed by atoms with E-state index in [4.69, 9.17) is 0 Å². The van der Waals surface area contributed by atoms with Gasteiger partial charge in [-0.2, -0.15) is 13.2 Å². The van der Waals surface area contributed by atoms with Gasteiger partial charge in [-0.05, 0) is 24.3 Å². The SMILES string of the molecule is O=C(c1ccc(C(F)(F)F)cc1)N1CCn2cncc2C1. The molecule has 0 radical (unpaired) electrons. The minimum absolute atomic E-state index is 0.260. The zero-order valence-electron chi connectivity index (χ0n) is 11.0. The van der Waals surface area contributed by atoms with Crippen LogP contribution in [0.2, 0.25) is 0 Å². The van der Waals surface area contributed by atoms with Gasteiger partial charge in [0.15, 0.2) is 0 Å². The van der Waals surface area contributed by atoms with Gasteiger partial charge in [0.25, 0.3) is 5.91 Å². The largest absolute Gasteiger partial charge is 0.416 e. The molecule has 1 amide bonds. The molecule has 0 spiro atoms. The van der Waals surface area contributed by atoms with Crippen molar-refractivity contribution in [2.45, 2.75) is 19.3 Å². The third-order valence-electron chi connectivity index (χ3n) is 3.51. The standard InChI is InChI=1S/C14H12F3N3O/c15-14(16,17)11-3-1-10(2-4-11)13(21)19-5-6-20-9-18-7-12(20)8-19/h1-4,7,9H,5-6,8H2. The predicted octanol–water partition coefficient (Wildman–Crippen LogP) is 2.56. The fourth-order valence-electron chi connectivity index (χ4n) is 2.34. The van der Waals surface area contributed by atoms with Crippen molar-refractivity contribution in [3.05, 3.63) is 53.6 Å². The minimum Gasteiger partial charge on any atom is -0.331 e. The van der Waals surface area contributed by atoms with Gasteiger partial charge in [-0.15, -0.1) is 0 Å². The van der Waals surface area contributed by atoms with Crippen molar-refractivity contribution in [1.82, 2.24) is 14.5 Å². The summed E-state index contributed by atoms with van der Waals surface area (Å²) in [6.45, 7) is 1.57. The molecule has 0 N–H and O–H groups in total. The third kappa shape index (κ3) is 2.63. The highest BCUT2D eigenvalue weighted by atomic mass is 19.4. The van der Waals surface area contributed by atoms with Gasteiger partial charge in [0.2, 0.25) is 0 Å². The van der Waals surface area contributed by atoms with E-state index >= 15 is 0 Å². The quantitative estimate of drug-likeness (QED) is 0.811. The number of amides is 1. The molecule has 0 saturated heterocycles. The Morgan fingerprint density at radius 2 is 1.86 bits per heavy atom. The van der Waals surface area contributed by atoms with E-state index in [2.05, 4.69) is 4.98 Å². The molecule has 1 aliphatic heterocycles. The van der Waals surface area contributed by atoms with E-state index in [1.165, 1.54) is 12.1 Å². The number of halogens is 3. The number of alkyl halides is 3. The van der Waals surface area contributed by atoms with Gasteiger partial charge in [-0.3, -0.25) is 4.79 Å². The zero-order chi connectivity index (χ0) is 15.0. The van der Waals surface area contributed by atoms with E-state index in [9.17, 15) is 18.0 Å². The molecule has 0 fully saturated rings. The average molecular weight is 295 g/mol. The maximum Gasteiger partial charge on any atom is 0.416 e. The molecule has 1 aromatic heterocycles. The fraction of sp³-hybridized carbons (Fsp3) is 0.286. The summed E-state index contributed by atoms with van der Waals surface area (Å²) in [5.74, 6) is -0.267. The average Bonchev–Trinajstić information content (AvgIpc) is 2.93. The van der Waals surface area contributed by atoms with E-state index < -0.39 is 11.7 Å². The number of benzene rings is 1. The van der Waals surface area contributed by atoms with E-state index in [1.807, 2.05) is 4.57 Å². The maximum atomic E-state index is 12.5. The first-order valence-electron chi connectivity index (χ1n) is 6.41. The molecular weight excluding hydrogens is 283 g/mol. The van der Waals surface area contributed by atoms with Crippen LogP contribution in [0.15, 0.2) is 36.8 Å². The number of hydrogen-bond acceptors (Lipinski definition) is 2. The number of carbonyl (C=O) groups is 1. The minimum atomic E-state index is -4.39. The van der Waals surface area contributed by atoms with Gasteiger partial charge in [-0.25, -0.2) is 4.98 Å². The molecule has 0 atom stereocenters. The van der Waals surface area contributed by atoms with Gasteiger partial charge in [0.05, 0.1) is 24.1 Å². The summed E-state index contributed by atoms with van der Waals surface area (Å²) in [5, 5.41) is 0. The van der Waals surface area contributed by atoms with Crippen LogP contribution in [-0.4, -0.2) is 26.9 Å². The Morgan fingerprint density at radius 1 is 1.14 bits per heavy atom. The van der Waals surface area contributed by atoms with Crippen molar-refractivity contribution in [2.75, 3.05) is 6.54 Å². The van der Waals surface area contributed by atoms with Gasteiger partial charge in [0.1, 0.15) is 0 Å². The van der Waals surface area contributed by atoms with Crippen LogP contribution in [0, 0.1) is 0 Å². The number of rotatable bonds is 1. The number of aromatic nitrogens is 2. The van der Waals surface area contributed by atoms with Crippen molar-refractivity contribution in [3.63, 3.8) is 0 Å². The Hall–Kier alpha value is -2.31. The van der Waals surface area contributed by atoms with Gasteiger partial charge < -0.3 is 9.47 Å². The number of fused-ring (bicyclic) bond motifs is 1.